The van der Waals surface area contributed by atoms with Gasteiger partial charge in [0.25, 0.3) is 5.91 Å². The summed E-state index contributed by atoms with van der Waals surface area (Å²) in [4.78, 5) is 48.2. The third kappa shape index (κ3) is 7.70. The number of urea groups is 1. The number of carbonyl (C=O) groups excluding carboxylic acids is 3. The Labute approximate surface area is 278 Å². The number of anilines is 1. The minimum absolute atomic E-state index is 0.00312. The van der Waals surface area contributed by atoms with Crippen LogP contribution in [0, 0.1) is 6.92 Å². The smallest absolute Gasteiger partial charge is 0.410 e. The summed E-state index contributed by atoms with van der Waals surface area (Å²) in [6.07, 6.45) is 3.65. The lowest BCUT2D eigenvalue weighted by atomic mass is 9.89. The third-order valence-corrected chi connectivity index (χ3v) is 10.4. The number of aliphatic hydroxyl groups is 1. The van der Waals surface area contributed by atoms with E-state index in [9.17, 15) is 24.6 Å². The van der Waals surface area contributed by atoms with Gasteiger partial charge in [-0.3, -0.25) is 9.69 Å². The van der Waals surface area contributed by atoms with Crippen molar-refractivity contribution >= 4 is 37.0 Å². The average molecular weight is 644 g/mol. The molecule has 0 saturated carbocycles. The van der Waals surface area contributed by atoms with E-state index in [-0.39, 0.29) is 41.7 Å². The molecule has 2 aromatic rings. The zero-order valence-electron chi connectivity index (χ0n) is 27.3. The predicted molar refractivity (Wildman–Crippen MR) is 179 cm³/mol. The number of hydrogen-bond acceptors (Lipinski definition) is 7. The van der Waals surface area contributed by atoms with E-state index >= 15 is 0 Å². The second-order valence-corrected chi connectivity index (χ2v) is 13.5. The van der Waals surface area contributed by atoms with Crippen molar-refractivity contribution < 1.29 is 29.3 Å². The Kier molecular flexibility index (Phi) is 10.3. The van der Waals surface area contributed by atoms with Crippen LogP contribution in [0.15, 0.2) is 36.4 Å². The second kappa shape index (κ2) is 14.6. The van der Waals surface area contributed by atoms with Gasteiger partial charge in [0.15, 0.2) is 6.10 Å². The minimum Gasteiger partial charge on any atom is -0.508 e. The van der Waals surface area contributed by atoms with Crippen LogP contribution in [-0.4, -0.2) is 126 Å². The molecule has 0 aromatic heterocycles. The van der Waals surface area contributed by atoms with Crippen LogP contribution in [-0.2, 0) is 22.4 Å². The quantitative estimate of drug-likeness (QED) is 0.414. The molecule has 11 nitrogen and oxygen atoms in total. The van der Waals surface area contributed by atoms with Gasteiger partial charge in [0.05, 0.1) is 6.10 Å². The first-order valence-corrected chi connectivity index (χ1v) is 17.1. The zero-order chi connectivity index (χ0) is 33.1. The summed E-state index contributed by atoms with van der Waals surface area (Å²) < 4.78 is 6.00. The van der Waals surface area contributed by atoms with Gasteiger partial charge in [0.2, 0.25) is 0 Å². The van der Waals surface area contributed by atoms with Crippen molar-refractivity contribution in [2.24, 2.45) is 0 Å². The molecule has 12 heteroatoms. The largest absolute Gasteiger partial charge is 0.508 e. The molecule has 2 atom stereocenters. The standard InChI is InChI=1S/C35H46BN5O6/c1-23-19-24(20-29(36)32(23)43)21-31(33(44)38-14-9-26(10-15-38)40-13-4-6-28(42)22-40)47-35(46)39-16-11-27(12-17-39)41-18-8-25-5-2-3-7-30(25)37-34(41)45/h2-3,5,7,19-20,26-28,31,42-43H,4,6,8-18,21-22H2,1H3,(H,37,45)/t28-,31-/m1/s1. The van der Waals surface area contributed by atoms with Gasteiger partial charge in [-0.05, 0) is 81.2 Å². The summed E-state index contributed by atoms with van der Waals surface area (Å²) in [7, 11) is 6.03. The van der Waals surface area contributed by atoms with Crippen molar-refractivity contribution in [3.63, 3.8) is 0 Å². The molecule has 47 heavy (non-hydrogen) atoms. The molecule has 4 heterocycles. The number of piperidine rings is 3. The molecule has 3 fully saturated rings. The molecule has 6 rings (SSSR count). The molecule has 3 saturated heterocycles. The van der Waals surface area contributed by atoms with Crippen molar-refractivity contribution in [3.05, 3.63) is 53.1 Å². The molecule has 3 N–H and O–H groups in total. The van der Waals surface area contributed by atoms with Gasteiger partial charge < -0.3 is 35.0 Å². The first kappa shape index (κ1) is 33.1. The lowest BCUT2D eigenvalue weighted by molar-refractivity contribution is -0.142. The van der Waals surface area contributed by atoms with E-state index in [0.717, 1.165) is 49.9 Å². The number of aromatic hydroxyl groups is 1. The number of likely N-dealkylation sites (tertiary alicyclic amines) is 3. The molecule has 0 bridgehead atoms. The van der Waals surface area contributed by atoms with Crippen molar-refractivity contribution in [1.82, 2.24) is 19.6 Å². The summed E-state index contributed by atoms with van der Waals surface area (Å²) >= 11 is 0. The summed E-state index contributed by atoms with van der Waals surface area (Å²) in [6, 6.07) is 11.4. The predicted octanol–water partition coefficient (Wildman–Crippen LogP) is 2.54. The van der Waals surface area contributed by atoms with Gasteiger partial charge >= 0.3 is 12.1 Å². The van der Waals surface area contributed by atoms with E-state index in [1.165, 1.54) is 0 Å². The number of para-hydroxylation sites is 1. The lowest BCUT2D eigenvalue weighted by Gasteiger charge is -2.42. The summed E-state index contributed by atoms with van der Waals surface area (Å²) in [5.41, 5.74) is 3.46. The van der Waals surface area contributed by atoms with Crippen LogP contribution in [0.2, 0.25) is 0 Å². The van der Waals surface area contributed by atoms with E-state index in [1.54, 1.807) is 28.9 Å². The molecule has 4 aliphatic rings. The average Bonchev–Trinajstić information content (AvgIpc) is 3.24. The maximum absolute atomic E-state index is 14.0. The summed E-state index contributed by atoms with van der Waals surface area (Å²) in [6.45, 7) is 5.92. The first-order valence-electron chi connectivity index (χ1n) is 17.1. The van der Waals surface area contributed by atoms with Gasteiger partial charge in [0, 0.05) is 63.5 Å². The first-order chi connectivity index (χ1) is 22.7. The Morgan fingerprint density at radius 3 is 2.40 bits per heavy atom. The SMILES string of the molecule is [B]c1cc(C[C@@H](OC(=O)N2CCC(N3CCc4ccccc4NC3=O)CC2)C(=O)N2CCC(N3CCC[C@@H](O)C3)CC2)cc(C)c1O. The second-order valence-electron chi connectivity index (χ2n) is 13.5. The molecule has 2 radical (unpaired) electrons. The Morgan fingerprint density at radius 2 is 1.68 bits per heavy atom. The number of aryl methyl sites for hydroxylation is 1. The van der Waals surface area contributed by atoms with Gasteiger partial charge in [-0.15, -0.1) is 0 Å². The van der Waals surface area contributed by atoms with Crippen LogP contribution in [0.3, 0.4) is 0 Å². The van der Waals surface area contributed by atoms with Gasteiger partial charge in [-0.25, -0.2) is 9.59 Å². The summed E-state index contributed by atoms with van der Waals surface area (Å²) in [5.74, 6) is -0.237. The number of β-amino-alcohol motifs (C(OH)–C–C–N with tert-alkyl or cyclic N) is 1. The molecule has 0 aliphatic carbocycles. The number of carbonyl (C=O) groups is 3. The topological polar surface area (TPSA) is 126 Å². The van der Waals surface area contributed by atoms with Crippen molar-refractivity contribution in [2.45, 2.75) is 82.6 Å². The Morgan fingerprint density at radius 1 is 0.979 bits per heavy atom. The van der Waals surface area contributed by atoms with Gasteiger partial charge in [-0.2, -0.15) is 0 Å². The highest BCUT2D eigenvalue weighted by Crippen LogP contribution is 2.26. The minimum atomic E-state index is -1.05. The highest BCUT2D eigenvalue weighted by atomic mass is 16.6. The fourth-order valence-electron chi connectivity index (χ4n) is 7.66. The van der Waals surface area contributed by atoms with Crippen LogP contribution in [0.5, 0.6) is 5.75 Å². The van der Waals surface area contributed by atoms with Crippen LogP contribution < -0.4 is 10.8 Å². The van der Waals surface area contributed by atoms with Crippen molar-refractivity contribution in [2.75, 3.05) is 51.1 Å². The van der Waals surface area contributed by atoms with E-state index in [2.05, 4.69) is 10.2 Å². The van der Waals surface area contributed by atoms with E-state index in [1.807, 2.05) is 29.2 Å². The summed E-state index contributed by atoms with van der Waals surface area (Å²) in [5, 5.41) is 23.4. The molecular formula is C35H46BN5O6. The molecule has 0 unspecified atom stereocenters. The zero-order valence-corrected chi connectivity index (χ0v) is 27.3. The number of amides is 4. The number of aliphatic hydroxyl groups excluding tert-OH is 1. The van der Waals surface area contributed by atoms with Crippen LogP contribution >= 0.6 is 0 Å². The maximum atomic E-state index is 14.0. The van der Waals surface area contributed by atoms with Crippen LogP contribution in [0.25, 0.3) is 0 Å². The fourth-order valence-corrected chi connectivity index (χ4v) is 7.66. The fraction of sp³-hybridized carbons (Fsp3) is 0.571. The Balaban J connectivity index is 1.09. The Bertz CT molecular complexity index is 1430. The van der Waals surface area contributed by atoms with Crippen molar-refractivity contribution in [3.8, 4) is 5.75 Å². The monoisotopic (exact) mass is 643 g/mol. The van der Waals surface area contributed by atoms with Crippen molar-refractivity contribution in [1.29, 1.82) is 0 Å². The third-order valence-electron chi connectivity index (χ3n) is 10.4. The van der Waals surface area contributed by atoms with Crippen LogP contribution in [0.4, 0.5) is 15.3 Å². The number of hydrogen-bond donors (Lipinski definition) is 3. The number of fused-ring (bicyclic) bond motifs is 1. The number of rotatable bonds is 6. The van der Waals surface area contributed by atoms with E-state index in [0.29, 0.717) is 69.3 Å². The number of nitrogens with zero attached hydrogens (tertiary/aromatic N) is 4. The molecular weight excluding hydrogens is 597 g/mol. The Hall–Kier alpha value is -3.77. The highest BCUT2D eigenvalue weighted by Gasteiger charge is 2.36. The maximum Gasteiger partial charge on any atom is 0.410 e. The normalized spacial score (nSPS) is 22.3. The van der Waals surface area contributed by atoms with Gasteiger partial charge in [-0.1, -0.05) is 35.8 Å². The van der Waals surface area contributed by atoms with Crippen LogP contribution in [0.1, 0.15) is 55.2 Å². The number of phenolic OH excluding ortho intramolecular Hbond substituents is 1. The lowest BCUT2D eigenvalue weighted by Crippen LogP contribution is -2.53. The molecule has 0 spiro atoms. The molecule has 4 amide bonds. The van der Waals surface area contributed by atoms with E-state index in [4.69, 9.17) is 12.6 Å². The molecule has 4 aliphatic heterocycles. The highest BCUT2D eigenvalue weighted by molar-refractivity contribution is 6.34. The number of phenols is 1. The molecule has 2 aromatic carbocycles. The molecule has 250 valence electrons. The number of benzene rings is 2. The van der Waals surface area contributed by atoms with Gasteiger partial charge in [0.1, 0.15) is 13.6 Å². The number of nitrogens with one attached hydrogen (secondary N) is 1. The van der Waals surface area contributed by atoms with E-state index < -0.39 is 12.2 Å². The number of ether oxygens (including phenoxy) is 1.